The van der Waals surface area contributed by atoms with E-state index in [0.717, 1.165) is 23.5 Å². The van der Waals surface area contributed by atoms with Gasteiger partial charge in [-0.25, -0.2) is 12.8 Å². The van der Waals surface area contributed by atoms with Gasteiger partial charge in [0.15, 0.2) is 4.21 Å². The average molecular weight is 351 g/mol. The molecule has 0 fully saturated rings. The van der Waals surface area contributed by atoms with Crippen molar-refractivity contribution in [2.24, 2.45) is 0 Å². The SMILES string of the molecule is Nc1ccc(F)cc1NS(=O)(=O)c1sccc1Br. The molecule has 3 N–H and O–H groups in total. The van der Waals surface area contributed by atoms with E-state index in [1.165, 1.54) is 6.07 Å². The van der Waals surface area contributed by atoms with Crippen LogP contribution in [0.5, 0.6) is 0 Å². The van der Waals surface area contributed by atoms with Gasteiger partial charge >= 0.3 is 0 Å². The Morgan fingerprint density at radius 3 is 2.67 bits per heavy atom. The zero-order valence-corrected chi connectivity index (χ0v) is 12.1. The van der Waals surface area contributed by atoms with Crippen molar-refractivity contribution in [2.75, 3.05) is 10.5 Å². The molecule has 0 saturated heterocycles. The van der Waals surface area contributed by atoms with E-state index >= 15 is 0 Å². The zero-order chi connectivity index (χ0) is 13.3. The van der Waals surface area contributed by atoms with E-state index in [0.29, 0.717) is 4.47 Å². The Hall–Kier alpha value is -1.12. The molecule has 18 heavy (non-hydrogen) atoms. The van der Waals surface area contributed by atoms with Gasteiger partial charge < -0.3 is 5.73 Å². The number of rotatable bonds is 3. The number of nitrogen functional groups attached to an aromatic ring is 1. The van der Waals surface area contributed by atoms with Crippen molar-refractivity contribution in [1.29, 1.82) is 0 Å². The molecule has 0 amide bonds. The number of nitrogens with one attached hydrogen (secondary N) is 1. The topological polar surface area (TPSA) is 72.2 Å². The molecule has 0 bridgehead atoms. The fraction of sp³-hybridized carbons (Fsp3) is 0. The predicted molar refractivity (Wildman–Crippen MR) is 73.6 cm³/mol. The summed E-state index contributed by atoms with van der Waals surface area (Å²) in [5, 5.41) is 1.63. The molecule has 96 valence electrons. The Kier molecular flexibility index (Phi) is 3.60. The van der Waals surface area contributed by atoms with E-state index in [1.54, 1.807) is 11.4 Å². The average Bonchev–Trinajstić information content (AvgIpc) is 2.70. The summed E-state index contributed by atoms with van der Waals surface area (Å²) in [5.74, 6) is -0.563. The number of halogens is 2. The number of nitrogens with two attached hydrogens (primary N) is 1. The van der Waals surface area contributed by atoms with Gasteiger partial charge in [0.25, 0.3) is 10.0 Å². The Morgan fingerprint density at radius 1 is 1.33 bits per heavy atom. The summed E-state index contributed by atoms with van der Waals surface area (Å²) in [6, 6.07) is 5.12. The van der Waals surface area contributed by atoms with Crippen molar-refractivity contribution in [3.8, 4) is 0 Å². The number of hydrogen-bond acceptors (Lipinski definition) is 4. The van der Waals surface area contributed by atoms with E-state index in [4.69, 9.17) is 5.73 Å². The molecule has 1 heterocycles. The summed E-state index contributed by atoms with van der Waals surface area (Å²) in [5.41, 5.74) is 5.77. The molecule has 2 rings (SSSR count). The maximum Gasteiger partial charge on any atom is 0.272 e. The second kappa shape index (κ2) is 4.87. The van der Waals surface area contributed by atoms with Crippen molar-refractivity contribution in [3.63, 3.8) is 0 Å². The van der Waals surface area contributed by atoms with Crippen LogP contribution in [-0.2, 0) is 10.0 Å². The summed E-state index contributed by atoms with van der Waals surface area (Å²) < 4.78 is 40.0. The summed E-state index contributed by atoms with van der Waals surface area (Å²) >= 11 is 4.19. The van der Waals surface area contributed by atoms with Crippen LogP contribution in [0.3, 0.4) is 0 Å². The third-order valence-electron chi connectivity index (χ3n) is 2.09. The number of anilines is 2. The molecule has 0 spiro atoms. The van der Waals surface area contributed by atoms with E-state index in [-0.39, 0.29) is 15.6 Å². The van der Waals surface area contributed by atoms with Crippen molar-refractivity contribution in [2.45, 2.75) is 4.21 Å². The van der Waals surface area contributed by atoms with Gasteiger partial charge in [-0.3, -0.25) is 4.72 Å². The van der Waals surface area contributed by atoms with Crippen molar-refractivity contribution in [3.05, 3.63) is 39.9 Å². The monoisotopic (exact) mass is 350 g/mol. The standard InChI is InChI=1S/C10H8BrFN2O2S2/c11-7-3-4-17-10(7)18(15,16)14-9-5-6(12)1-2-8(9)13/h1-5,14H,13H2. The fourth-order valence-corrected chi connectivity index (χ4v) is 4.70. The van der Waals surface area contributed by atoms with E-state index < -0.39 is 15.8 Å². The van der Waals surface area contributed by atoms with Gasteiger partial charge in [0.1, 0.15) is 5.82 Å². The number of thiophene rings is 1. The molecular formula is C10H8BrFN2O2S2. The van der Waals surface area contributed by atoms with Crippen LogP contribution in [0.1, 0.15) is 0 Å². The van der Waals surface area contributed by atoms with Gasteiger partial charge in [0.2, 0.25) is 0 Å². The van der Waals surface area contributed by atoms with Gasteiger partial charge in [-0.2, -0.15) is 0 Å². The van der Waals surface area contributed by atoms with Crippen LogP contribution in [-0.4, -0.2) is 8.42 Å². The highest BCUT2D eigenvalue weighted by Gasteiger charge is 2.20. The summed E-state index contributed by atoms with van der Waals surface area (Å²) in [6.45, 7) is 0. The quantitative estimate of drug-likeness (QED) is 0.835. The number of hydrogen-bond donors (Lipinski definition) is 2. The molecule has 1 aromatic carbocycles. The first-order valence-corrected chi connectivity index (χ1v) is 7.86. The Labute approximate surface area is 116 Å². The second-order valence-corrected chi connectivity index (χ2v) is 7.04. The lowest BCUT2D eigenvalue weighted by Gasteiger charge is -2.09. The third-order valence-corrected chi connectivity index (χ3v) is 6.12. The molecule has 8 heteroatoms. The number of benzene rings is 1. The lowest BCUT2D eigenvalue weighted by molar-refractivity contribution is 0.602. The van der Waals surface area contributed by atoms with Crippen molar-refractivity contribution in [1.82, 2.24) is 0 Å². The minimum atomic E-state index is -3.76. The van der Waals surface area contributed by atoms with Gasteiger partial charge in [-0.05, 0) is 39.5 Å². The number of sulfonamides is 1. The van der Waals surface area contributed by atoms with Crippen molar-refractivity contribution < 1.29 is 12.8 Å². The van der Waals surface area contributed by atoms with E-state index in [9.17, 15) is 12.8 Å². The van der Waals surface area contributed by atoms with Crippen LogP contribution < -0.4 is 10.5 Å². The van der Waals surface area contributed by atoms with Crippen molar-refractivity contribution >= 4 is 48.7 Å². The molecule has 0 aliphatic carbocycles. The van der Waals surface area contributed by atoms with Gasteiger partial charge in [0, 0.05) is 10.5 Å². The summed E-state index contributed by atoms with van der Waals surface area (Å²) in [6.07, 6.45) is 0. The Bertz CT molecular complexity index is 685. The van der Waals surface area contributed by atoms with Crippen LogP contribution in [0.25, 0.3) is 0 Å². The summed E-state index contributed by atoms with van der Waals surface area (Å²) in [4.78, 5) is 0. The van der Waals surface area contributed by atoms with Gasteiger partial charge in [-0.15, -0.1) is 11.3 Å². The smallest absolute Gasteiger partial charge is 0.272 e. The van der Waals surface area contributed by atoms with Gasteiger partial charge in [0.05, 0.1) is 11.4 Å². The zero-order valence-electron chi connectivity index (χ0n) is 8.85. The highest BCUT2D eigenvalue weighted by atomic mass is 79.9. The summed E-state index contributed by atoms with van der Waals surface area (Å²) in [7, 11) is -3.76. The lowest BCUT2D eigenvalue weighted by Crippen LogP contribution is -2.13. The van der Waals surface area contributed by atoms with Crippen LogP contribution in [0.4, 0.5) is 15.8 Å². The first-order chi connectivity index (χ1) is 8.40. The third kappa shape index (κ3) is 2.65. The maximum absolute atomic E-state index is 13.0. The van der Waals surface area contributed by atoms with Crippen LogP contribution in [0, 0.1) is 5.82 Å². The molecule has 0 aliphatic heterocycles. The second-order valence-electron chi connectivity index (χ2n) is 3.39. The lowest BCUT2D eigenvalue weighted by atomic mass is 10.3. The molecule has 4 nitrogen and oxygen atoms in total. The van der Waals surface area contributed by atoms with Crippen LogP contribution in [0.2, 0.25) is 0 Å². The van der Waals surface area contributed by atoms with E-state index in [1.807, 2.05) is 0 Å². The first kappa shape index (κ1) is 13.3. The molecular weight excluding hydrogens is 343 g/mol. The Balaban J connectivity index is 2.40. The molecule has 0 unspecified atom stereocenters. The molecule has 0 atom stereocenters. The normalized spacial score (nSPS) is 11.4. The predicted octanol–water partition coefficient (Wildman–Crippen LogP) is 3.03. The first-order valence-electron chi connectivity index (χ1n) is 4.71. The molecule has 0 radical (unpaired) electrons. The van der Waals surface area contributed by atoms with Gasteiger partial charge in [-0.1, -0.05) is 0 Å². The van der Waals surface area contributed by atoms with Crippen LogP contribution in [0.15, 0.2) is 38.3 Å². The minimum absolute atomic E-state index is 0.0234. The van der Waals surface area contributed by atoms with E-state index in [2.05, 4.69) is 20.7 Å². The Morgan fingerprint density at radius 2 is 2.06 bits per heavy atom. The maximum atomic E-state index is 13.0. The fourth-order valence-electron chi connectivity index (χ4n) is 1.28. The molecule has 0 aliphatic rings. The molecule has 2 aromatic rings. The highest BCUT2D eigenvalue weighted by molar-refractivity contribution is 9.10. The highest BCUT2D eigenvalue weighted by Crippen LogP contribution is 2.30. The molecule has 0 saturated carbocycles. The minimum Gasteiger partial charge on any atom is -0.397 e. The largest absolute Gasteiger partial charge is 0.397 e. The molecule has 1 aromatic heterocycles. The van der Waals surface area contributed by atoms with Crippen LogP contribution >= 0.6 is 27.3 Å².